The van der Waals surface area contributed by atoms with Crippen molar-refractivity contribution in [1.29, 1.82) is 0 Å². The standard InChI is InChI=1S/C18H19N3S.ClH/c1-3-14-7-6-13(9-15(14)4-1)10-19-11-16-12-20-21-18(16)17-5-2-8-22-17;/h2,5-9,12,19H,1,3-4,10-11H2,(H,20,21);1H. The number of thiophene rings is 1. The molecule has 0 unspecified atom stereocenters. The molecule has 3 nitrogen and oxygen atoms in total. The van der Waals surface area contributed by atoms with Gasteiger partial charge in [0.2, 0.25) is 0 Å². The fourth-order valence-corrected chi connectivity index (χ4v) is 3.91. The van der Waals surface area contributed by atoms with Gasteiger partial charge in [-0.05, 0) is 47.4 Å². The summed E-state index contributed by atoms with van der Waals surface area (Å²) in [5.41, 5.74) is 6.82. The van der Waals surface area contributed by atoms with Crippen LogP contribution in [0.15, 0.2) is 41.9 Å². The van der Waals surface area contributed by atoms with Crippen LogP contribution in [0.1, 0.15) is 28.7 Å². The SMILES string of the molecule is Cl.c1csc(-c2[nH]ncc2CNCc2ccc3c(c2)CCC3)c1. The van der Waals surface area contributed by atoms with E-state index in [-0.39, 0.29) is 12.4 Å². The molecule has 4 rings (SSSR count). The van der Waals surface area contributed by atoms with Crippen molar-refractivity contribution in [3.8, 4) is 10.6 Å². The maximum atomic E-state index is 4.19. The van der Waals surface area contributed by atoms with Crippen molar-refractivity contribution in [1.82, 2.24) is 15.5 Å². The summed E-state index contributed by atoms with van der Waals surface area (Å²) in [5.74, 6) is 0. The number of halogens is 1. The van der Waals surface area contributed by atoms with Crippen LogP contribution in [0.25, 0.3) is 10.6 Å². The molecular formula is C18H20ClN3S. The van der Waals surface area contributed by atoms with Crippen LogP contribution < -0.4 is 5.32 Å². The number of fused-ring (bicyclic) bond motifs is 1. The minimum Gasteiger partial charge on any atom is -0.308 e. The molecule has 1 aliphatic carbocycles. The molecule has 0 aliphatic heterocycles. The quantitative estimate of drug-likeness (QED) is 0.722. The van der Waals surface area contributed by atoms with Gasteiger partial charge in [-0.25, -0.2) is 0 Å². The predicted octanol–water partition coefficient (Wildman–Crippen LogP) is 4.34. The Labute approximate surface area is 146 Å². The van der Waals surface area contributed by atoms with E-state index < -0.39 is 0 Å². The number of aromatic amines is 1. The predicted molar refractivity (Wildman–Crippen MR) is 98.2 cm³/mol. The fraction of sp³-hybridized carbons (Fsp3) is 0.278. The average Bonchev–Trinajstić information content (AvgIpc) is 3.27. The van der Waals surface area contributed by atoms with E-state index >= 15 is 0 Å². The van der Waals surface area contributed by atoms with Gasteiger partial charge >= 0.3 is 0 Å². The number of H-pyrrole nitrogens is 1. The number of nitrogens with zero attached hydrogens (tertiary/aromatic N) is 1. The molecule has 5 heteroatoms. The van der Waals surface area contributed by atoms with Crippen molar-refractivity contribution in [2.45, 2.75) is 32.4 Å². The lowest BCUT2D eigenvalue weighted by atomic mass is 10.1. The lowest BCUT2D eigenvalue weighted by molar-refractivity contribution is 0.694. The Balaban J connectivity index is 0.00000156. The van der Waals surface area contributed by atoms with Gasteiger partial charge in [0.05, 0.1) is 16.8 Å². The highest BCUT2D eigenvalue weighted by Gasteiger charge is 2.11. The molecule has 0 fully saturated rings. The zero-order valence-electron chi connectivity index (χ0n) is 12.8. The van der Waals surface area contributed by atoms with Gasteiger partial charge in [0.15, 0.2) is 0 Å². The van der Waals surface area contributed by atoms with E-state index in [1.807, 2.05) is 6.20 Å². The van der Waals surface area contributed by atoms with E-state index in [4.69, 9.17) is 0 Å². The van der Waals surface area contributed by atoms with Crippen molar-refractivity contribution < 1.29 is 0 Å². The normalized spacial score (nSPS) is 12.9. The Bertz CT molecular complexity index is 764. The summed E-state index contributed by atoms with van der Waals surface area (Å²) in [6.45, 7) is 1.74. The van der Waals surface area contributed by atoms with Crippen LogP contribution in [0.5, 0.6) is 0 Å². The zero-order chi connectivity index (χ0) is 14.8. The minimum absolute atomic E-state index is 0. The average molecular weight is 346 g/mol. The largest absolute Gasteiger partial charge is 0.308 e. The molecule has 2 N–H and O–H groups in total. The van der Waals surface area contributed by atoms with Crippen molar-refractivity contribution in [3.63, 3.8) is 0 Å². The number of hydrogen-bond donors (Lipinski definition) is 2. The summed E-state index contributed by atoms with van der Waals surface area (Å²) in [6, 6.07) is 11.1. The van der Waals surface area contributed by atoms with Gasteiger partial charge in [0, 0.05) is 18.7 Å². The zero-order valence-corrected chi connectivity index (χ0v) is 14.5. The molecule has 0 spiro atoms. The maximum absolute atomic E-state index is 4.19. The number of hydrogen-bond acceptors (Lipinski definition) is 3. The second-order valence-electron chi connectivity index (χ2n) is 5.81. The van der Waals surface area contributed by atoms with Crippen LogP contribution in [0, 0.1) is 0 Å². The van der Waals surface area contributed by atoms with E-state index in [1.54, 1.807) is 22.5 Å². The smallest absolute Gasteiger partial charge is 0.0794 e. The van der Waals surface area contributed by atoms with E-state index in [2.05, 4.69) is 51.2 Å². The van der Waals surface area contributed by atoms with Crippen molar-refractivity contribution >= 4 is 23.7 Å². The molecule has 3 aromatic rings. The van der Waals surface area contributed by atoms with Crippen LogP contribution >= 0.6 is 23.7 Å². The summed E-state index contributed by atoms with van der Waals surface area (Å²) in [7, 11) is 0. The number of aryl methyl sites for hydroxylation is 2. The molecule has 1 aromatic carbocycles. The van der Waals surface area contributed by atoms with Crippen LogP contribution in [0.4, 0.5) is 0 Å². The van der Waals surface area contributed by atoms with Crippen LogP contribution in [0.2, 0.25) is 0 Å². The van der Waals surface area contributed by atoms with Gasteiger partial charge in [-0.15, -0.1) is 23.7 Å². The molecule has 23 heavy (non-hydrogen) atoms. The van der Waals surface area contributed by atoms with Crippen molar-refractivity contribution in [2.24, 2.45) is 0 Å². The summed E-state index contributed by atoms with van der Waals surface area (Å²) in [5, 5.41) is 12.9. The highest BCUT2D eigenvalue weighted by Crippen LogP contribution is 2.26. The van der Waals surface area contributed by atoms with E-state index in [0.29, 0.717) is 0 Å². The molecule has 2 aromatic heterocycles. The molecule has 0 atom stereocenters. The van der Waals surface area contributed by atoms with Crippen molar-refractivity contribution in [2.75, 3.05) is 0 Å². The summed E-state index contributed by atoms with van der Waals surface area (Å²) >= 11 is 1.74. The Kier molecular flexibility index (Phi) is 5.16. The molecule has 2 heterocycles. The topological polar surface area (TPSA) is 40.7 Å². The molecular weight excluding hydrogens is 326 g/mol. The number of nitrogens with one attached hydrogen (secondary N) is 2. The molecule has 0 radical (unpaired) electrons. The molecule has 1 aliphatic rings. The lowest BCUT2D eigenvalue weighted by Gasteiger charge is -2.07. The first-order chi connectivity index (χ1) is 10.9. The molecule has 120 valence electrons. The second-order valence-corrected chi connectivity index (χ2v) is 6.76. The van der Waals surface area contributed by atoms with Crippen LogP contribution in [0.3, 0.4) is 0 Å². The number of benzene rings is 1. The van der Waals surface area contributed by atoms with Crippen LogP contribution in [-0.2, 0) is 25.9 Å². The van der Waals surface area contributed by atoms with Gasteiger partial charge < -0.3 is 5.32 Å². The maximum Gasteiger partial charge on any atom is 0.0794 e. The fourth-order valence-electron chi connectivity index (χ4n) is 3.16. The third-order valence-corrected chi connectivity index (χ3v) is 5.18. The second kappa shape index (κ2) is 7.30. The van der Waals surface area contributed by atoms with E-state index in [9.17, 15) is 0 Å². The first-order valence-electron chi connectivity index (χ1n) is 7.78. The highest BCUT2D eigenvalue weighted by atomic mass is 35.5. The molecule has 0 saturated heterocycles. The Morgan fingerprint density at radius 1 is 1.13 bits per heavy atom. The van der Waals surface area contributed by atoms with E-state index in [0.717, 1.165) is 18.8 Å². The Hall–Kier alpha value is -1.62. The van der Waals surface area contributed by atoms with Crippen molar-refractivity contribution in [3.05, 3.63) is 64.2 Å². The number of aromatic nitrogens is 2. The Morgan fingerprint density at radius 3 is 2.91 bits per heavy atom. The van der Waals surface area contributed by atoms with Gasteiger partial charge in [-0.2, -0.15) is 5.10 Å². The lowest BCUT2D eigenvalue weighted by Crippen LogP contribution is -2.13. The minimum atomic E-state index is 0. The molecule has 0 amide bonds. The summed E-state index contributed by atoms with van der Waals surface area (Å²) in [6.07, 6.45) is 5.73. The monoisotopic (exact) mass is 345 g/mol. The van der Waals surface area contributed by atoms with Crippen LogP contribution in [-0.4, -0.2) is 10.2 Å². The summed E-state index contributed by atoms with van der Waals surface area (Å²) < 4.78 is 0. The molecule has 0 saturated carbocycles. The van der Waals surface area contributed by atoms with Gasteiger partial charge in [0.25, 0.3) is 0 Å². The Morgan fingerprint density at radius 2 is 2.04 bits per heavy atom. The number of rotatable bonds is 5. The molecule has 0 bridgehead atoms. The highest BCUT2D eigenvalue weighted by molar-refractivity contribution is 7.13. The first kappa shape index (κ1) is 16.2. The van der Waals surface area contributed by atoms with Gasteiger partial charge in [0.1, 0.15) is 0 Å². The summed E-state index contributed by atoms with van der Waals surface area (Å²) in [4.78, 5) is 1.24. The van der Waals surface area contributed by atoms with Gasteiger partial charge in [-0.1, -0.05) is 24.3 Å². The van der Waals surface area contributed by atoms with E-state index in [1.165, 1.54) is 35.3 Å². The van der Waals surface area contributed by atoms with Gasteiger partial charge in [-0.3, -0.25) is 5.10 Å². The first-order valence-corrected chi connectivity index (χ1v) is 8.65. The third kappa shape index (κ3) is 3.50. The third-order valence-electron chi connectivity index (χ3n) is 4.29.